The van der Waals surface area contributed by atoms with Crippen molar-refractivity contribution < 1.29 is 22.0 Å². The highest BCUT2D eigenvalue weighted by molar-refractivity contribution is 7.09. The van der Waals surface area contributed by atoms with Gasteiger partial charge in [0.05, 0.1) is 0 Å². The number of nitrogens with two attached hydrogens (primary N) is 1. The van der Waals surface area contributed by atoms with Crippen molar-refractivity contribution in [1.29, 1.82) is 0 Å². The lowest BCUT2D eigenvalue weighted by Crippen LogP contribution is -2.37. The Morgan fingerprint density at radius 1 is 1.00 bits per heavy atom. The van der Waals surface area contributed by atoms with Gasteiger partial charge in [0.25, 0.3) is 0 Å². The van der Waals surface area contributed by atoms with E-state index in [1.165, 1.54) is 18.3 Å². The molecule has 2 rings (SSSR count). The van der Waals surface area contributed by atoms with Gasteiger partial charge in [0.2, 0.25) is 5.82 Å². The third-order valence-corrected chi connectivity index (χ3v) is 4.28. The molecule has 1 aromatic heterocycles. The van der Waals surface area contributed by atoms with E-state index in [1.807, 2.05) is 0 Å². The molecule has 2 aromatic rings. The fourth-order valence-electron chi connectivity index (χ4n) is 2.20. The van der Waals surface area contributed by atoms with Gasteiger partial charge in [-0.2, -0.15) is 0 Å². The third kappa shape index (κ3) is 2.67. The first kappa shape index (κ1) is 15.9. The molecule has 1 heterocycles. The summed E-state index contributed by atoms with van der Waals surface area (Å²) in [5, 5.41) is 1.75. The summed E-state index contributed by atoms with van der Waals surface area (Å²) in [4.78, 5) is 0.742. The monoisotopic (exact) mass is 321 g/mol. The lowest BCUT2D eigenvalue weighted by Gasteiger charge is -2.29. The molecular weight excluding hydrogens is 309 g/mol. The van der Waals surface area contributed by atoms with Crippen LogP contribution in [0.1, 0.15) is 17.4 Å². The fraction of sp³-hybridized carbons (Fsp3) is 0.286. The van der Waals surface area contributed by atoms with Crippen LogP contribution in [0.25, 0.3) is 0 Å². The molecular formula is C14H12F5NS. The highest BCUT2D eigenvalue weighted by atomic mass is 32.1. The van der Waals surface area contributed by atoms with Crippen LogP contribution in [-0.2, 0) is 11.8 Å². The van der Waals surface area contributed by atoms with Crippen molar-refractivity contribution in [2.45, 2.75) is 18.8 Å². The molecule has 1 atom stereocenters. The molecule has 114 valence electrons. The number of hydrogen-bond acceptors (Lipinski definition) is 2. The van der Waals surface area contributed by atoms with Gasteiger partial charge in [-0.05, 0) is 17.9 Å². The maximum Gasteiger partial charge on any atom is 0.200 e. The van der Waals surface area contributed by atoms with E-state index in [9.17, 15) is 22.0 Å². The molecule has 0 saturated heterocycles. The van der Waals surface area contributed by atoms with Crippen LogP contribution in [-0.4, -0.2) is 6.54 Å². The van der Waals surface area contributed by atoms with Gasteiger partial charge < -0.3 is 5.73 Å². The van der Waals surface area contributed by atoms with Gasteiger partial charge in [0, 0.05) is 22.4 Å². The van der Waals surface area contributed by atoms with Crippen molar-refractivity contribution in [3.05, 3.63) is 57.0 Å². The van der Waals surface area contributed by atoms with Crippen molar-refractivity contribution in [3.8, 4) is 0 Å². The van der Waals surface area contributed by atoms with Crippen LogP contribution < -0.4 is 5.73 Å². The van der Waals surface area contributed by atoms with E-state index < -0.39 is 40.1 Å². The molecule has 1 nitrogen and oxygen atoms in total. The van der Waals surface area contributed by atoms with E-state index in [1.54, 1.807) is 17.5 Å². The van der Waals surface area contributed by atoms with Crippen molar-refractivity contribution in [1.82, 2.24) is 0 Å². The Morgan fingerprint density at radius 3 is 1.95 bits per heavy atom. The number of thiophene rings is 1. The summed E-state index contributed by atoms with van der Waals surface area (Å²) in [6.45, 7) is 1.12. The lowest BCUT2D eigenvalue weighted by molar-refractivity contribution is 0.340. The standard InChI is InChI=1S/C14H12F5NS/c1-14(6-20,5-7-3-2-4-21-7)8-9(15)11(17)13(19)12(18)10(8)16/h2-4H,5-6,20H2,1H3. The second-order valence-corrected chi connectivity index (χ2v) is 6.00. The molecule has 0 fully saturated rings. The van der Waals surface area contributed by atoms with Gasteiger partial charge in [-0.1, -0.05) is 13.0 Å². The van der Waals surface area contributed by atoms with Crippen LogP contribution in [0.15, 0.2) is 17.5 Å². The third-order valence-electron chi connectivity index (χ3n) is 3.41. The molecule has 0 aliphatic carbocycles. The van der Waals surface area contributed by atoms with Crippen LogP contribution in [0, 0.1) is 29.1 Å². The zero-order valence-electron chi connectivity index (χ0n) is 11.0. The van der Waals surface area contributed by atoms with Crippen molar-refractivity contribution >= 4 is 11.3 Å². The molecule has 7 heteroatoms. The molecule has 1 unspecified atom stereocenters. The van der Waals surface area contributed by atoms with Crippen LogP contribution >= 0.6 is 11.3 Å². The number of hydrogen-bond donors (Lipinski definition) is 1. The summed E-state index contributed by atoms with van der Waals surface area (Å²) < 4.78 is 67.7. The molecule has 2 N–H and O–H groups in total. The summed E-state index contributed by atoms with van der Waals surface area (Å²) >= 11 is 1.32. The molecule has 0 radical (unpaired) electrons. The topological polar surface area (TPSA) is 26.0 Å². The predicted molar refractivity (Wildman–Crippen MR) is 70.7 cm³/mol. The minimum atomic E-state index is -2.16. The Labute approximate surface area is 122 Å². The van der Waals surface area contributed by atoms with Gasteiger partial charge in [-0.25, -0.2) is 22.0 Å². The molecule has 0 aliphatic heterocycles. The Kier molecular flexibility index (Phi) is 4.34. The molecule has 0 amide bonds. The quantitative estimate of drug-likeness (QED) is 0.516. The van der Waals surface area contributed by atoms with E-state index in [0.29, 0.717) is 0 Å². The summed E-state index contributed by atoms with van der Waals surface area (Å²) in [5.41, 5.74) is 3.30. The Hall–Kier alpha value is -1.47. The second-order valence-electron chi connectivity index (χ2n) is 4.97. The first-order valence-electron chi connectivity index (χ1n) is 6.06. The zero-order chi connectivity index (χ0) is 15.8. The Bertz CT molecular complexity index is 627. The minimum Gasteiger partial charge on any atom is -0.330 e. The number of benzene rings is 1. The Morgan fingerprint density at radius 2 is 1.52 bits per heavy atom. The van der Waals surface area contributed by atoms with E-state index in [2.05, 4.69) is 0 Å². The first-order valence-corrected chi connectivity index (χ1v) is 6.94. The first-order chi connectivity index (χ1) is 9.81. The van der Waals surface area contributed by atoms with E-state index in [-0.39, 0.29) is 13.0 Å². The molecule has 0 saturated carbocycles. The van der Waals surface area contributed by atoms with Crippen LogP contribution in [0.2, 0.25) is 0 Å². The van der Waals surface area contributed by atoms with E-state index >= 15 is 0 Å². The van der Waals surface area contributed by atoms with Gasteiger partial charge in [-0.15, -0.1) is 11.3 Å². The maximum atomic E-state index is 13.9. The highest BCUT2D eigenvalue weighted by Crippen LogP contribution is 2.35. The second kappa shape index (κ2) is 5.73. The predicted octanol–water partition coefficient (Wildman–Crippen LogP) is 3.90. The summed E-state index contributed by atoms with van der Waals surface area (Å²) in [6.07, 6.45) is 0.0829. The minimum absolute atomic E-state index is 0.0829. The molecule has 1 aromatic carbocycles. The highest BCUT2D eigenvalue weighted by Gasteiger charge is 2.37. The average molecular weight is 321 g/mol. The van der Waals surface area contributed by atoms with E-state index in [4.69, 9.17) is 5.73 Å². The fourth-order valence-corrected chi connectivity index (χ4v) is 3.09. The van der Waals surface area contributed by atoms with E-state index in [0.717, 1.165) is 4.88 Å². The largest absolute Gasteiger partial charge is 0.330 e. The van der Waals surface area contributed by atoms with Crippen molar-refractivity contribution in [2.75, 3.05) is 6.54 Å². The van der Waals surface area contributed by atoms with Gasteiger partial charge in [0.15, 0.2) is 23.3 Å². The Balaban J connectivity index is 2.62. The number of halogens is 5. The lowest BCUT2D eigenvalue weighted by atomic mass is 9.78. The molecule has 0 aliphatic rings. The van der Waals surface area contributed by atoms with Crippen molar-refractivity contribution in [3.63, 3.8) is 0 Å². The maximum absolute atomic E-state index is 13.9. The molecule has 21 heavy (non-hydrogen) atoms. The number of rotatable bonds is 4. The van der Waals surface area contributed by atoms with Gasteiger partial charge in [-0.3, -0.25) is 0 Å². The average Bonchev–Trinajstić information content (AvgIpc) is 2.95. The van der Waals surface area contributed by atoms with Crippen LogP contribution in [0.4, 0.5) is 22.0 Å². The zero-order valence-corrected chi connectivity index (χ0v) is 11.8. The smallest absolute Gasteiger partial charge is 0.200 e. The van der Waals surface area contributed by atoms with Gasteiger partial charge in [0.1, 0.15) is 0 Å². The molecule has 0 spiro atoms. The van der Waals surface area contributed by atoms with Gasteiger partial charge >= 0.3 is 0 Å². The summed E-state index contributed by atoms with van der Waals surface area (Å²) in [5.74, 6) is -9.71. The van der Waals surface area contributed by atoms with Crippen LogP contribution in [0.5, 0.6) is 0 Å². The molecule has 0 bridgehead atoms. The summed E-state index contributed by atoms with van der Waals surface area (Å²) in [7, 11) is 0. The normalized spacial score (nSPS) is 14.2. The van der Waals surface area contributed by atoms with Crippen LogP contribution in [0.3, 0.4) is 0 Å². The summed E-state index contributed by atoms with van der Waals surface area (Å²) in [6, 6.07) is 3.44. The SMILES string of the molecule is CC(CN)(Cc1cccs1)c1c(F)c(F)c(F)c(F)c1F. The van der Waals surface area contributed by atoms with Crippen molar-refractivity contribution in [2.24, 2.45) is 5.73 Å².